The maximum atomic E-state index is 12.8. The first-order valence-electron chi connectivity index (χ1n) is 9.76. The largest absolute Gasteiger partial charge is 0.389 e. The normalized spacial score (nSPS) is 33.6. The van der Waals surface area contributed by atoms with E-state index in [4.69, 9.17) is 5.11 Å². The molecule has 0 spiro atoms. The Bertz CT molecular complexity index is 472. The molecule has 2 amide bonds. The summed E-state index contributed by atoms with van der Waals surface area (Å²) in [5.74, 6) is 2.81. The standard InChI is InChI=1S/C19H30FIN2O2/c20-17(12-24)5-3-1-2-4-6-23(21)19(25)22-18-15-8-13-7-14(10-15)11-16(18)9-13/h5,13-16,18,24H,1-4,6-12H2,(H,22,25). The van der Waals surface area contributed by atoms with Gasteiger partial charge in [-0.1, -0.05) is 12.5 Å². The van der Waals surface area contributed by atoms with E-state index in [1.807, 2.05) is 0 Å². The van der Waals surface area contributed by atoms with Gasteiger partial charge in [-0.2, -0.15) is 0 Å². The average Bonchev–Trinajstić information content (AvgIpc) is 2.59. The smallest absolute Gasteiger partial charge is 0.326 e. The molecule has 0 aromatic carbocycles. The number of unbranched alkanes of at least 4 members (excludes halogenated alkanes) is 3. The topological polar surface area (TPSA) is 52.6 Å². The zero-order valence-corrected chi connectivity index (χ0v) is 17.0. The Balaban J connectivity index is 1.34. The zero-order valence-electron chi connectivity index (χ0n) is 14.8. The van der Waals surface area contributed by atoms with Crippen LogP contribution >= 0.6 is 22.9 Å². The SMILES string of the molecule is O=C(NC1C2CC3CC(C2)CC1C3)N(I)CCCCCC=C(F)CO. The van der Waals surface area contributed by atoms with Gasteiger partial charge in [-0.25, -0.2) is 9.18 Å². The summed E-state index contributed by atoms with van der Waals surface area (Å²) in [4.78, 5) is 12.5. The summed E-state index contributed by atoms with van der Waals surface area (Å²) in [5, 5.41) is 11.9. The van der Waals surface area contributed by atoms with Crippen LogP contribution in [0.3, 0.4) is 0 Å². The summed E-state index contributed by atoms with van der Waals surface area (Å²) >= 11 is 2.11. The van der Waals surface area contributed by atoms with Crippen LogP contribution in [-0.4, -0.2) is 33.4 Å². The van der Waals surface area contributed by atoms with Crippen molar-refractivity contribution in [2.24, 2.45) is 23.7 Å². The van der Waals surface area contributed by atoms with E-state index in [9.17, 15) is 9.18 Å². The number of nitrogens with one attached hydrogen (secondary N) is 1. The molecule has 4 aliphatic carbocycles. The van der Waals surface area contributed by atoms with Crippen molar-refractivity contribution in [2.75, 3.05) is 13.2 Å². The van der Waals surface area contributed by atoms with E-state index in [0.29, 0.717) is 24.3 Å². The number of nitrogens with zero attached hydrogens (tertiary/aromatic N) is 1. The van der Waals surface area contributed by atoms with Crippen LogP contribution < -0.4 is 5.32 Å². The molecule has 0 heterocycles. The van der Waals surface area contributed by atoms with Crippen LogP contribution in [0, 0.1) is 23.7 Å². The Morgan fingerprint density at radius 3 is 2.36 bits per heavy atom. The molecule has 0 saturated heterocycles. The number of aliphatic hydroxyl groups excluding tert-OH is 1. The number of urea groups is 1. The molecule has 0 aliphatic heterocycles. The number of hydrogen-bond donors (Lipinski definition) is 2. The van der Waals surface area contributed by atoms with Gasteiger partial charge in [0, 0.05) is 12.6 Å². The van der Waals surface area contributed by atoms with E-state index in [1.165, 1.54) is 38.2 Å². The maximum Gasteiger partial charge on any atom is 0.326 e. The lowest BCUT2D eigenvalue weighted by atomic mass is 9.54. The molecule has 0 aromatic rings. The lowest BCUT2D eigenvalue weighted by Crippen LogP contribution is -2.57. The van der Waals surface area contributed by atoms with Crippen molar-refractivity contribution in [2.45, 2.75) is 63.8 Å². The molecule has 4 rings (SSSR count). The second-order valence-electron chi connectivity index (χ2n) is 8.15. The quantitative estimate of drug-likeness (QED) is 0.314. The fourth-order valence-corrected chi connectivity index (χ4v) is 5.85. The van der Waals surface area contributed by atoms with E-state index in [0.717, 1.165) is 37.6 Å². The van der Waals surface area contributed by atoms with Gasteiger partial charge in [0.05, 0.1) is 29.5 Å². The first-order valence-corrected chi connectivity index (χ1v) is 10.7. The predicted molar refractivity (Wildman–Crippen MR) is 105 cm³/mol. The molecule has 6 heteroatoms. The zero-order chi connectivity index (χ0) is 17.8. The number of carbonyl (C=O) groups is 1. The predicted octanol–water partition coefficient (Wildman–Crippen LogP) is 4.58. The first kappa shape index (κ1) is 19.4. The minimum absolute atomic E-state index is 0.0595. The van der Waals surface area contributed by atoms with Crippen molar-refractivity contribution < 1.29 is 14.3 Å². The van der Waals surface area contributed by atoms with Crippen molar-refractivity contribution in [3.05, 3.63) is 11.9 Å². The molecule has 4 nitrogen and oxygen atoms in total. The maximum absolute atomic E-state index is 12.8. The van der Waals surface area contributed by atoms with Gasteiger partial charge in [-0.15, -0.1) is 0 Å². The van der Waals surface area contributed by atoms with E-state index in [-0.39, 0.29) is 6.03 Å². The fourth-order valence-electron chi connectivity index (χ4n) is 5.37. The van der Waals surface area contributed by atoms with Crippen LogP contribution in [0.15, 0.2) is 11.9 Å². The molecule has 4 fully saturated rings. The molecular weight excluding hydrogens is 434 g/mol. The Labute approximate surface area is 164 Å². The summed E-state index contributed by atoms with van der Waals surface area (Å²) < 4.78 is 14.5. The molecule has 0 atom stereocenters. The van der Waals surface area contributed by atoms with Gasteiger partial charge in [-0.3, -0.25) is 3.11 Å². The van der Waals surface area contributed by atoms with Crippen LogP contribution in [-0.2, 0) is 0 Å². The molecule has 4 bridgehead atoms. The van der Waals surface area contributed by atoms with Gasteiger partial charge in [0.25, 0.3) is 0 Å². The lowest BCUT2D eigenvalue weighted by molar-refractivity contribution is -0.00995. The third-order valence-electron chi connectivity index (χ3n) is 6.31. The van der Waals surface area contributed by atoms with Crippen LogP contribution in [0.1, 0.15) is 57.8 Å². The van der Waals surface area contributed by atoms with Crippen LogP contribution in [0.25, 0.3) is 0 Å². The highest BCUT2D eigenvalue weighted by atomic mass is 127. The molecule has 25 heavy (non-hydrogen) atoms. The molecule has 0 aromatic heterocycles. The molecule has 0 radical (unpaired) electrons. The number of carbonyl (C=O) groups excluding carboxylic acids is 1. The second kappa shape index (κ2) is 9.02. The van der Waals surface area contributed by atoms with E-state index in [1.54, 1.807) is 3.11 Å². The molecule has 4 saturated carbocycles. The van der Waals surface area contributed by atoms with Crippen LogP contribution in [0.4, 0.5) is 9.18 Å². The second-order valence-corrected chi connectivity index (χ2v) is 9.31. The Morgan fingerprint density at radius 1 is 1.12 bits per heavy atom. The Kier molecular flexibility index (Phi) is 7.00. The van der Waals surface area contributed by atoms with Gasteiger partial charge >= 0.3 is 6.03 Å². The Hall–Kier alpha value is -0.370. The van der Waals surface area contributed by atoms with E-state index >= 15 is 0 Å². The van der Waals surface area contributed by atoms with E-state index < -0.39 is 12.4 Å². The number of hydrogen-bond acceptors (Lipinski definition) is 2. The van der Waals surface area contributed by atoms with Gasteiger partial charge < -0.3 is 10.4 Å². The fraction of sp³-hybridized carbons (Fsp3) is 0.842. The van der Waals surface area contributed by atoms with Crippen molar-refractivity contribution in [3.8, 4) is 0 Å². The number of aliphatic hydroxyl groups is 1. The summed E-state index contributed by atoms with van der Waals surface area (Å²) in [6.45, 7) is 0.220. The summed E-state index contributed by atoms with van der Waals surface area (Å²) in [6, 6.07) is 0.452. The first-order chi connectivity index (χ1) is 12.1. The van der Waals surface area contributed by atoms with Crippen molar-refractivity contribution in [1.82, 2.24) is 8.43 Å². The molecule has 0 unspecified atom stereocenters. The summed E-state index contributed by atoms with van der Waals surface area (Å²) in [5.41, 5.74) is 0. The number of allylic oxidation sites excluding steroid dienone is 1. The highest BCUT2D eigenvalue weighted by Crippen LogP contribution is 2.53. The van der Waals surface area contributed by atoms with Gasteiger partial charge in [0.2, 0.25) is 0 Å². The average molecular weight is 464 g/mol. The number of amides is 2. The van der Waals surface area contributed by atoms with Crippen molar-refractivity contribution in [1.29, 1.82) is 0 Å². The van der Waals surface area contributed by atoms with Crippen LogP contribution in [0.2, 0.25) is 0 Å². The number of halogens is 2. The van der Waals surface area contributed by atoms with Crippen molar-refractivity contribution >= 4 is 28.9 Å². The monoisotopic (exact) mass is 464 g/mol. The minimum Gasteiger partial charge on any atom is -0.389 e. The van der Waals surface area contributed by atoms with E-state index in [2.05, 4.69) is 28.2 Å². The molecule has 4 aliphatic rings. The minimum atomic E-state index is -0.508. The van der Waals surface area contributed by atoms with Gasteiger partial charge in [-0.05, 0) is 75.0 Å². The highest BCUT2D eigenvalue weighted by Gasteiger charge is 2.48. The number of rotatable bonds is 8. The van der Waals surface area contributed by atoms with Gasteiger partial charge in [0.15, 0.2) is 0 Å². The van der Waals surface area contributed by atoms with Crippen LogP contribution in [0.5, 0.6) is 0 Å². The van der Waals surface area contributed by atoms with Crippen molar-refractivity contribution in [3.63, 3.8) is 0 Å². The molecular formula is C19H30FIN2O2. The molecule has 2 N–H and O–H groups in total. The lowest BCUT2D eigenvalue weighted by Gasteiger charge is -2.54. The van der Waals surface area contributed by atoms with Gasteiger partial charge in [0.1, 0.15) is 5.83 Å². The summed E-state index contributed by atoms with van der Waals surface area (Å²) in [7, 11) is 0. The third-order valence-corrected chi connectivity index (χ3v) is 7.23. The Morgan fingerprint density at radius 2 is 1.76 bits per heavy atom. The summed E-state index contributed by atoms with van der Waals surface area (Å²) in [6.07, 6.45) is 11.6. The highest BCUT2D eigenvalue weighted by molar-refractivity contribution is 14.1. The third kappa shape index (κ3) is 5.08. The molecule has 142 valence electrons.